The Balaban J connectivity index is 1.48. The van der Waals surface area contributed by atoms with Gasteiger partial charge in [-0.25, -0.2) is 4.98 Å². The van der Waals surface area contributed by atoms with Gasteiger partial charge >= 0.3 is 0 Å². The molecule has 8 heteroatoms. The molecule has 3 aromatic heterocycles. The maximum atomic E-state index is 12.8. The van der Waals surface area contributed by atoms with Crippen LogP contribution in [-0.2, 0) is 6.54 Å². The molecule has 5 rings (SSSR count). The summed E-state index contributed by atoms with van der Waals surface area (Å²) >= 11 is 1.67. The molecule has 0 fully saturated rings. The first-order chi connectivity index (χ1) is 13.7. The van der Waals surface area contributed by atoms with Crippen molar-refractivity contribution in [2.45, 2.75) is 11.4 Å². The van der Waals surface area contributed by atoms with Crippen molar-refractivity contribution < 1.29 is 8.94 Å². The van der Waals surface area contributed by atoms with Gasteiger partial charge < -0.3 is 8.94 Å². The number of nitrogens with zero attached hydrogens (tertiary/aromatic N) is 4. The molecule has 0 unspecified atom stereocenters. The van der Waals surface area contributed by atoms with E-state index in [4.69, 9.17) is 8.94 Å². The predicted octanol–water partition coefficient (Wildman–Crippen LogP) is 3.96. The number of furan rings is 1. The Labute approximate surface area is 163 Å². The van der Waals surface area contributed by atoms with Crippen molar-refractivity contribution in [2.24, 2.45) is 0 Å². The van der Waals surface area contributed by atoms with Gasteiger partial charge in [0.1, 0.15) is 17.6 Å². The highest BCUT2D eigenvalue weighted by atomic mass is 32.2. The minimum absolute atomic E-state index is 0.120. The highest BCUT2D eigenvalue weighted by Gasteiger charge is 2.15. The smallest absolute Gasteiger partial charge is 0.297 e. The van der Waals surface area contributed by atoms with Gasteiger partial charge in [-0.3, -0.25) is 9.36 Å². The van der Waals surface area contributed by atoms with Gasteiger partial charge in [-0.1, -0.05) is 17.3 Å². The van der Waals surface area contributed by atoms with E-state index < -0.39 is 0 Å². The lowest BCUT2D eigenvalue weighted by molar-refractivity contribution is 0.369. The van der Waals surface area contributed by atoms with Crippen LogP contribution in [-0.4, -0.2) is 25.9 Å². The summed E-state index contributed by atoms with van der Waals surface area (Å²) in [6.45, 7) is 0.120. The number of para-hydroxylation sites is 1. The Hall–Kier alpha value is -3.39. The molecular weight excluding hydrogens is 376 g/mol. The number of hydrogen-bond donors (Lipinski definition) is 0. The molecule has 2 aromatic carbocycles. The first-order valence-electron chi connectivity index (χ1n) is 8.56. The molecule has 0 aliphatic carbocycles. The van der Waals surface area contributed by atoms with Crippen molar-refractivity contribution in [1.82, 2.24) is 19.7 Å². The third-order valence-corrected chi connectivity index (χ3v) is 5.22. The molecule has 3 heterocycles. The van der Waals surface area contributed by atoms with Gasteiger partial charge in [0.15, 0.2) is 0 Å². The van der Waals surface area contributed by atoms with Gasteiger partial charge in [0.2, 0.25) is 17.3 Å². The van der Waals surface area contributed by atoms with E-state index in [-0.39, 0.29) is 17.7 Å². The van der Waals surface area contributed by atoms with Crippen LogP contribution in [0.2, 0.25) is 0 Å². The number of benzene rings is 2. The fourth-order valence-electron chi connectivity index (χ4n) is 3.05. The second-order valence-corrected chi connectivity index (χ2v) is 7.07. The molecule has 0 aliphatic rings. The third kappa shape index (κ3) is 2.78. The second-order valence-electron chi connectivity index (χ2n) is 6.19. The SMILES string of the molecule is CSc1ccc(-c2noc(Cn3cnc4c(oc5ccccc54)c3=O)n2)cc1. The Morgan fingerprint density at radius 3 is 2.75 bits per heavy atom. The monoisotopic (exact) mass is 390 g/mol. The fraction of sp³-hybridized carbons (Fsp3) is 0.100. The number of aromatic nitrogens is 4. The van der Waals surface area contributed by atoms with Crippen molar-refractivity contribution in [3.63, 3.8) is 0 Å². The van der Waals surface area contributed by atoms with Gasteiger partial charge in [0.25, 0.3) is 5.56 Å². The highest BCUT2D eigenvalue weighted by Crippen LogP contribution is 2.24. The van der Waals surface area contributed by atoms with Crippen LogP contribution in [0.4, 0.5) is 0 Å². The van der Waals surface area contributed by atoms with Crippen LogP contribution in [0.25, 0.3) is 33.5 Å². The Morgan fingerprint density at radius 2 is 1.93 bits per heavy atom. The number of rotatable bonds is 4. The molecule has 0 saturated heterocycles. The molecule has 138 valence electrons. The van der Waals surface area contributed by atoms with Gasteiger partial charge in [0.05, 0.1) is 6.33 Å². The standard InChI is InChI=1S/C20H14N4O3S/c1-28-13-8-6-12(7-9-13)19-22-16(27-23-19)10-24-11-21-17-14-4-2-3-5-15(14)26-18(17)20(24)25/h2-9,11H,10H2,1H3. The minimum Gasteiger partial charge on any atom is -0.448 e. The van der Waals surface area contributed by atoms with E-state index in [1.165, 1.54) is 10.9 Å². The Bertz CT molecular complexity index is 1350. The first-order valence-corrected chi connectivity index (χ1v) is 9.79. The number of fused-ring (bicyclic) bond motifs is 3. The molecule has 0 N–H and O–H groups in total. The predicted molar refractivity (Wildman–Crippen MR) is 106 cm³/mol. The first kappa shape index (κ1) is 16.8. The molecule has 0 atom stereocenters. The van der Waals surface area contributed by atoms with E-state index >= 15 is 0 Å². The highest BCUT2D eigenvalue weighted by molar-refractivity contribution is 7.98. The summed E-state index contributed by atoms with van der Waals surface area (Å²) in [5.41, 5.74) is 1.97. The van der Waals surface area contributed by atoms with E-state index in [9.17, 15) is 4.79 Å². The lowest BCUT2D eigenvalue weighted by Gasteiger charge is -2.00. The van der Waals surface area contributed by atoms with Crippen LogP contribution >= 0.6 is 11.8 Å². The van der Waals surface area contributed by atoms with Crippen molar-refractivity contribution in [3.8, 4) is 11.4 Å². The third-order valence-electron chi connectivity index (χ3n) is 4.47. The summed E-state index contributed by atoms with van der Waals surface area (Å²) < 4.78 is 12.4. The minimum atomic E-state index is -0.287. The van der Waals surface area contributed by atoms with Crippen molar-refractivity contribution >= 4 is 33.8 Å². The van der Waals surface area contributed by atoms with Gasteiger partial charge in [-0.05, 0) is 42.7 Å². The second kappa shape index (κ2) is 6.65. The van der Waals surface area contributed by atoms with E-state index in [0.29, 0.717) is 22.8 Å². The van der Waals surface area contributed by atoms with Gasteiger partial charge in [0, 0.05) is 15.8 Å². The lowest BCUT2D eigenvalue weighted by atomic mass is 10.2. The van der Waals surface area contributed by atoms with Crippen LogP contribution in [0.1, 0.15) is 5.89 Å². The largest absolute Gasteiger partial charge is 0.448 e. The summed E-state index contributed by atoms with van der Waals surface area (Å²) in [5.74, 6) is 0.803. The van der Waals surface area contributed by atoms with E-state index in [0.717, 1.165) is 15.8 Å². The molecule has 0 radical (unpaired) electrons. The molecular formula is C20H14N4O3S. The normalized spacial score (nSPS) is 11.5. The quantitative estimate of drug-likeness (QED) is 0.429. The van der Waals surface area contributed by atoms with Crippen molar-refractivity contribution in [2.75, 3.05) is 6.26 Å². The maximum absolute atomic E-state index is 12.8. The lowest BCUT2D eigenvalue weighted by Crippen LogP contribution is -2.20. The molecule has 0 spiro atoms. The zero-order chi connectivity index (χ0) is 19.1. The average molecular weight is 390 g/mol. The Morgan fingerprint density at radius 1 is 1.11 bits per heavy atom. The van der Waals surface area contributed by atoms with E-state index in [1.807, 2.05) is 54.8 Å². The maximum Gasteiger partial charge on any atom is 0.297 e. The van der Waals surface area contributed by atoms with Gasteiger partial charge in [-0.2, -0.15) is 4.98 Å². The van der Waals surface area contributed by atoms with Crippen LogP contribution in [0.15, 0.2) is 73.5 Å². The van der Waals surface area contributed by atoms with E-state index in [2.05, 4.69) is 15.1 Å². The van der Waals surface area contributed by atoms with Crippen LogP contribution < -0.4 is 5.56 Å². The summed E-state index contributed by atoms with van der Waals surface area (Å²) in [5, 5.41) is 4.83. The molecule has 5 aromatic rings. The summed E-state index contributed by atoms with van der Waals surface area (Å²) in [4.78, 5) is 22.7. The Kier molecular flexibility index (Phi) is 3.98. The molecule has 0 bridgehead atoms. The van der Waals surface area contributed by atoms with Crippen LogP contribution in [0.3, 0.4) is 0 Å². The molecule has 7 nitrogen and oxygen atoms in total. The van der Waals surface area contributed by atoms with Crippen molar-refractivity contribution in [3.05, 3.63) is 71.1 Å². The van der Waals surface area contributed by atoms with Gasteiger partial charge in [-0.15, -0.1) is 11.8 Å². The zero-order valence-corrected chi connectivity index (χ0v) is 15.6. The van der Waals surface area contributed by atoms with Crippen molar-refractivity contribution in [1.29, 1.82) is 0 Å². The molecule has 0 amide bonds. The van der Waals surface area contributed by atoms with Crippen LogP contribution in [0, 0.1) is 0 Å². The summed E-state index contributed by atoms with van der Waals surface area (Å²) in [6.07, 6.45) is 3.50. The fourth-order valence-corrected chi connectivity index (χ4v) is 3.46. The summed E-state index contributed by atoms with van der Waals surface area (Å²) in [7, 11) is 0. The topological polar surface area (TPSA) is 87.0 Å². The molecule has 0 aliphatic heterocycles. The molecule has 0 saturated carbocycles. The number of thioether (sulfide) groups is 1. The zero-order valence-electron chi connectivity index (χ0n) is 14.8. The molecule has 28 heavy (non-hydrogen) atoms. The van der Waals surface area contributed by atoms with E-state index in [1.54, 1.807) is 11.8 Å². The number of hydrogen-bond acceptors (Lipinski definition) is 7. The average Bonchev–Trinajstić information content (AvgIpc) is 3.35. The summed E-state index contributed by atoms with van der Waals surface area (Å²) in [6, 6.07) is 15.3. The van der Waals surface area contributed by atoms with Crippen LogP contribution in [0.5, 0.6) is 0 Å².